The van der Waals surface area contributed by atoms with E-state index in [2.05, 4.69) is 17.2 Å². The number of nitrogens with one attached hydrogen (secondary N) is 1. The summed E-state index contributed by atoms with van der Waals surface area (Å²) in [5.74, 6) is 1.36. The summed E-state index contributed by atoms with van der Waals surface area (Å²) in [6.45, 7) is 6.48. The molecule has 0 saturated heterocycles. The maximum Gasteiger partial charge on any atom is 0.255 e. The third-order valence-corrected chi connectivity index (χ3v) is 3.68. The number of halogens is 1. The van der Waals surface area contributed by atoms with E-state index in [9.17, 15) is 4.79 Å². The quantitative estimate of drug-likeness (QED) is 0.838. The van der Waals surface area contributed by atoms with Crippen LogP contribution in [0.4, 0.5) is 5.82 Å². The van der Waals surface area contributed by atoms with E-state index in [0.29, 0.717) is 22.3 Å². The van der Waals surface area contributed by atoms with Crippen molar-refractivity contribution in [3.05, 3.63) is 22.8 Å². The summed E-state index contributed by atoms with van der Waals surface area (Å²) in [7, 11) is 0. The highest BCUT2D eigenvalue weighted by Crippen LogP contribution is 2.30. The zero-order chi connectivity index (χ0) is 14.5. The smallest absolute Gasteiger partial charge is 0.255 e. The molecule has 20 heavy (non-hydrogen) atoms. The van der Waals surface area contributed by atoms with E-state index in [1.54, 1.807) is 12.3 Å². The molecule has 1 aromatic heterocycles. The average molecular weight is 296 g/mol. The minimum atomic E-state index is 0.0381. The van der Waals surface area contributed by atoms with Crippen LogP contribution in [0.5, 0.6) is 0 Å². The van der Waals surface area contributed by atoms with Crippen molar-refractivity contribution in [3.63, 3.8) is 0 Å². The molecule has 4 nitrogen and oxygen atoms in total. The second-order valence-corrected chi connectivity index (χ2v) is 5.69. The molecule has 0 radical (unpaired) electrons. The van der Waals surface area contributed by atoms with Crippen molar-refractivity contribution in [1.29, 1.82) is 0 Å². The monoisotopic (exact) mass is 295 g/mol. The molecule has 1 aliphatic carbocycles. The number of hydrogen-bond acceptors (Lipinski definition) is 3. The molecule has 2 rings (SSSR count). The number of anilines is 1. The summed E-state index contributed by atoms with van der Waals surface area (Å²) < 4.78 is 0. The molecule has 1 saturated carbocycles. The van der Waals surface area contributed by atoms with Gasteiger partial charge in [0.05, 0.1) is 10.6 Å². The fourth-order valence-corrected chi connectivity index (χ4v) is 2.43. The van der Waals surface area contributed by atoms with Crippen LogP contribution in [-0.4, -0.2) is 35.4 Å². The van der Waals surface area contributed by atoms with Gasteiger partial charge in [0.25, 0.3) is 5.91 Å². The SMILES string of the molecule is CCCN(CC1CC1)C(=O)c1cnc(NCC)c(Cl)c1. The van der Waals surface area contributed by atoms with E-state index in [1.807, 2.05) is 11.8 Å². The van der Waals surface area contributed by atoms with E-state index in [0.717, 1.165) is 26.1 Å². The van der Waals surface area contributed by atoms with E-state index in [4.69, 9.17) is 11.6 Å². The van der Waals surface area contributed by atoms with Crippen LogP contribution in [0.2, 0.25) is 5.02 Å². The lowest BCUT2D eigenvalue weighted by Crippen LogP contribution is -2.33. The topological polar surface area (TPSA) is 45.2 Å². The molecular weight excluding hydrogens is 274 g/mol. The summed E-state index contributed by atoms with van der Waals surface area (Å²) in [6.07, 6.45) is 5.06. The molecular formula is C15H22ClN3O. The average Bonchev–Trinajstić information content (AvgIpc) is 3.24. The number of carbonyl (C=O) groups is 1. The highest BCUT2D eigenvalue weighted by molar-refractivity contribution is 6.33. The summed E-state index contributed by atoms with van der Waals surface area (Å²) >= 11 is 6.16. The van der Waals surface area contributed by atoms with Crippen LogP contribution in [0.3, 0.4) is 0 Å². The normalized spacial score (nSPS) is 14.2. The third-order valence-electron chi connectivity index (χ3n) is 3.39. The Hall–Kier alpha value is -1.29. The van der Waals surface area contributed by atoms with E-state index < -0.39 is 0 Å². The van der Waals surface area contributed by atoms with Crippen molar-refractivity contribution in [2.45, 2.75) is 33.1 Å². The first-order chi connectivity index (χ1) is 9.65. The standard InChI is InChI=1S/C15H22ClN3O/c1-3-7-19(10-11-5-6-11)15(20)12-8-13(16)14(17-4-2)18-9-12/h8-9,11H,3-7,10H2,1-2H3,(H,17,18). The molecule has 0 aliphatic heterocycles. The maximum absolute atomic E-state index is 12.5. The Bertz CT molecular complexity index is 474. The zero-order valence-electron chi connectivity index (χ0n) is 12.2. The Morgan fingerprint density at radius 2 is 2.25 bits per heavy atom. The number of nitrogens with zero attached hydrogens (tertiary/aromatic N) is 2. The Morgan fingerprint density at radius 1 is 1.50 bits per heavy atom. The van der Waals surface area contributed by atoms with Crippen LogP contribution < -0.4 is 5.32 Å². The second-order valence-electron chi connectivity index (χ2n) is 5.28. The molecule has 1 heterocycles. The molecule has 1 amide bonds. The lowest BCUT2D eigenvalue weighted by atomic mass is 10.2. The van der Waals surface area contributed by atoms with Gasteiger partial charge in [-0.05, 0) is 38.2 Å². The van der Waals surface area contributed by atoms with Gasteiger partial charge in [-0.15, -0.1) is 0 Å². The molecule has 0 unspecified atom stereocenters. The molecule has 1 N–H and O–H groups in total. The molecule has 1 aromatic rings. The Kier molecular flexibility index (Phi) is 5.24. The first-order valence-corrected chi connectivity index (χ1v) is 7.72. The maximum atomic E-state index is 12.5. The van der Waals surface area contributed by atoms with Gasteiger partial charge in [0.15, 0.2) is 0 Å². The largest absolute Gasteiger partial charge is 0.369 e. The molecule has 0 atom stereocenters. The predicted octanol–water partition coefficient (Wildman–Crippen LogP) is 3.43. The van der Waals surface area contributed by atoms with Crippen LogP contribution in [0.1, 0.15) is 43.5 Å². The summed E-state index contributed by atoms with van der Waals surface area (Å²) in [5, 5.41) is 3.57. The van der Waals surface area contributed by atoms with Crippen LogP contribution in [0.25, 0.3) is 0 Å². The van der Waals surface area contributed by atoms with E-state index >= 15 is 0 Å². The fraction of sp³-hybridized carbons (Fsp3) is 0.600. The first kappa shape index (κ1) is 15.1. The number of carbonyl (C=O) groups excluding carboxylic acids is 1. The Morgan fingerprint density at radius 3 is 2.80 bits per heavy atom. The molecule has 0 bridgehead atoms. The highest BCUT2D eigenvalue weighted by Gasteiger charge is 2.27. The number of rotatable bonds is 7. The second kappa shape index (κ2) is 6.93. The van der Waals surface area contributed by atoms with E-state index in [-0.39, 0.29) is 5.91 Å². The van der Waals surface area contributed by atoms with Gasteiger partial charge >= 0.3 is 0 Å². The fourth-order valence-electron chi connectivity index (χ4n) is 2.19. The molecule has 0 spiro atoms. The van der Waals surface area contributed by atoms with Crippen LogP contribution in [0.15, 0.2) is 12.3 Å². The van der Waals surface area contributed by atoms with Gasteiger partial charge in [0.2, 0.25) is 0 Å². The number of hydrogen-bond donors (Lipinski definition) is 1. The van der Waals surface area contributed by atoms with Gasteiger partial charge in [-0.2, -0.15) is 0 Å². The van der Waals surface area contributed by atoms with E-state index in [1.165, 1.54) is 12.8 Å². The van der Waals surface area contributed by atoms with Gasteiger partial charge in [-0.25, -0.2) is 4.98 Å². The van der Waals surface area contributed by atoms with Crippen LogP contribution in [0, 0.1) is 5.92 Å². The minimum Gasteiger partial charge on any atom is -0.369 e. The van der Waals surface area contributed by atoms with Crippen LogP contribution in [-0.2, 0) is 0 Å². The highest BCUT2D eigenvalue weighted by atomic mass is 35.5. The Balaban J connectivity index is 2.11. The van der Waals surface area contributed by atoms with Crippen molar-refractivity contribution in [2.24, 2.45) is 5.92 Å². The molecule has 1 aliphatic rings. The summed E-state index contributed by atoms with van der Waals surface area (Å²) in [6, 6.07) is 1.71. The number of pyridine rings is 1. The molecule has 110 valence electrons. The van der Waals surface area contributed by atoms with Gasteiger partial charge < -0.3 is 10.2 Å². The minimum absolute atomic E-state index is 0.0381. The van der Waals surface area contributed by atoms with Crippen molar-refractivity contribution < 1.29 is 4.79 Å². The molecule has 1 fully saturated rings. The predicted molar refractivity (Wildman–Crippen MR) is 82.3 cm³/mol. The van der Waals surface area contributed by atoms with Gasteiger partial charge in [0.1, 0.15) is 5.82 Å². The van der Waals surface area contributed by atoms with Gasteiger partial charge in [-0.3, -0.25) is 4.79 Å². The molecule has 5 heteroatoms. The third kappa shape index (κ3) is 3.85. The van der Waals surface area contributed by atoms with Crippen molar-refractivity contribution in [3.8, 4) is 0 Å². The van der Waals surface area contributed by atoms with Crippen molar-refractivity contribution in [2.75, 3.05) is 25.0 Å². The van der Waals surface area contributed by atoms with Crippen LogP contribution >= 0.6 is 11.6 Å². The van der Waals surface area contributed by atoms with Crippen molar-refractivity contribution >= 4 is 23.3 Å². The first-order valence-electron chi connectivity index (χ1n) is 7.34. The number of aromatic nitrogens is 1. The summed E-state index contributed by atoms with van der Waals surface area (Å²) in [4.78, 5) is 18.7. The van der Waals surface area contributed by atoms with Gasteiger partial charge in [-0.1, -0.05) is 18.5 Å². The zero-order valence-corrected chi connectivity index (χ0v) is 12.9. The van der Waals surface area contributed by atoms with Crippen molar-refractivity contribution in [1.82, 2.24) is 9.88 Å². The molecule has 0 aromatic carbocycles. The number of amides is 1. The summed E-state index contributed by atoms with van der Waals surface area (Å²) in [5.41, 5.74) is 0.575. The lowest BCUT2D eigenvalue weighted by Gasteiger charge is -2.22. The lowest BCUT2D eigenvalue weighted by molar-refractivity contribution is 0.0747. The van der Waals surface area contributed by atoms with Gasteiger partial charge in [0, 0.05) is 25.8 Å². The Labute approximate surface area is 125 Å².